The predicted molar refractivity (Wildman–Crippen MR) is 55.3 cm³/mol. The fraction of sp³-hybridized carbons (Fsp3) is 0.400. The fourth-order valence-electron chi connectivity index (χ4n) is 1.05. The van der Waals surface area contributed by atoms with Crippen LogP contribution in [0.1, 0.15) is 36.1 Å². The molecule has 2 N–H and O–H groups in total. The standard InChI is InChI=1S/C10H12N2O5/c1-6(13)10-11-4-7(12-10)5-17-9(16)3-2-8(14)15/h4H,2-3,5H2,1H3,(H,11,12)(H,14,15). The van der Waals surface area contributed by atoms with Gasteiger partial charge in [0.25, 0.3) is 0 Å². The van der Waals surface area contributed by atoms with Crippen LogP contribution in [-0.2, 0) is 20.9 Å². The number of Topliss-reactive ketones (excluding diaryl/α,β-unsaturated/α-hetero) is 1. The number of carboxylic acids is 1. The minimum Gasteiger partial charge on any atom is -0.481 e. The number of aliphatic carboxylic acids is 1. The Bertz CT molecular complexity index is 438. The Morgan fingerprint density at radius 2 is 2.12 bits per heavy atom. The Morgan fingerprint density at radius 3 is 2.65 bits per heavy atom. The van der Waals surface area contributed by atoms with Gasteiger partial charge in [0.15, 0.2) is 11.6 Å². The SMILES string of the molecule is CC(=O)c1ncc(COC(=O)CCC(=O)O)[nH]1. The molecule has 0 aliphatic carbocycles. The van der Waals surface area contributed by atoms with Crippen molar-refractivity contribution in [1.82, 2.24) is 9.97 Å². The van der Waals surface area contributed by atoms with E-state index in [-0.39, 0.29) is 31.1 Å². The quantitative estimate of drug-likeness (QED) is 0.554. The highest BCUT2D eigenvalue weighted by atomic mass is 16.5. The van der Waals surface area contributed by atoms with Crippen LogP contribution >= 0.6 is 0 Å². The number of hydrogen-bond acceptors (Lipinski definition) is 5. The van der Waals surface area contributed by atoms with Crippen molar-refractivity contribution in [1.29, 1.82) is 0 Å². The molecule has 0 spiro atoms. The smallest absolute Gasteiger partial charge is 0.306 e. The zero-order chi connectivity index (χ0) is 12.8. The van der Waals surface area contributed by atoms with Crippen LogP contribution in [0.15, 0.2) is 6.20 Å². The van der Waals surface area contributed by atoms with Gasteiger partial charge in [-0.25, -0.2) is 4.98 Å². The van der Waals surface area contributed by atoms with Crippen molar-refractivity contribution in [3.05, 3.63) is 17.7 Å². The van der Waals surface area contributed by atoms with Gasteiger partial charge in [-0.2, -0.15) is 0 Å². The Balaban J connectivity index is 2.36. The molecule has 0 radical (unpaired) electrons. The number of ether oxygens (including phenoxy) is 1. The lowest BCUT2D eigenvalue weighted by atomic mass is 10.3. The van der Waals surface area contributed by atoms with Crippen LogP contribution < -0.4 is 0 Å². The lowest BCUT2D eigenvalue weighted by molar-refractivity contribution is -0.148. The van der Waals surface area contributed by atoms with Crippen molar-refractivity contribution in [2.45, 2.75) is 26.4 Å². The number of nitrogens with one attached hydrogen (secondary N) is 1. The first-order valence-electron chi connectivity index (χ1n) is 4.91. The van der Waals surface area contributed by atoms with Crippen LogP contribution in [0.5, 0.6) is 0 Å². The highest BCUT2D eigenvalue weighted by molar-refractivity contribution is 5.90. The minimum absolute atomic E-state index is 0.0568. The van der Waals surface area contributed by atoms with E-state index in [1.165, 1.54) is 13.1 Å². The highest BCUT2D eigenvalue weighted by Gasteiger charge is 2.09. The molecule has 0 unspecified atom stereocenters. The van der Waals surface area contributed by atoms with E-state index in [4.69, 9.17) is 9.84 Å². The summed E-state index contributed by atoms with van der Waals surface area (Å²) in [5.41, 5.74) is 0.485. The number of carbonyl (C=O) groups is 3. The Morgan fingerprint density at radius 1 is 1.41 bits per heavy atom. The lowest BCUT2D eigenvalue weighted by Crippen LogP contribution is -2.07. The fourth-order valence-corrected chi connectivity index (χ4v) is 1.05. The average molecular weight is 240 g/mol. The molecule has 92 valence electrons. The molecule has 1 aromatic rings. The third-order valence-electron chi connectivity index (χ3n) is 1.89. The maximum atomic E-state index is 11.1. The molecule has 1 aromatic heterocycles. The minimum atomic E-state index is -1.05. The normalized spacial score (nSPS) is 9.94. The summed E-state index contributed by atoms with van der Waals surface area (Å²) in [4.78, 5) is 38.6. The number of H-pyrrole nitrogens is 1. The van der Waals surface area contributed by atoms with Gasteiger partial charge in [0, 0.05) is 6.92 Å². The molecular weight excluding hydrogens is 228 g/mol. The van der Waals surface area contributed by atoms with E-state index >= 15 is 0 Å². The first kappa shape index (κ1) is 12.9. The molecule has 0 bridgehead atoms. The second-order valence-corrected chi connectivity index (χ2v) is 3.37. The van der Waals surface area contributed by atoms with Crippen molar-refractivity contribution in [2.24, 2.45) is 0 Å². The number of imidazole rings is 1. The Kier molecular flexibility index (Phi) is 4.38. The predicted octanol–water partition coefficient (Wildman–Crippen LogP) is 0.520. The Labute approximate surface area is 96.8 Å². The van der Waals surface area contributed by atoms with E-state index in [1.54, 1.807) is 0 Å². The topological polar surface area (TPSA) is 109 Å². The molecule has 0 aliphatic rings. The first-order chi connectivity index (χ1) is 7.99. The number of esters is 1. The van der Waals surface area contributed by atoms with Crippen LogP contribution in [-0.4, -0.2) is 32.8 Å². The van der Waals surface area contributed by atoms with E-state index in [9.17, 15) is 14.4 Å². The number of ketones is 1. The molecule has 7 heteroatoms. The summed E-state index contributed by atoms with van der Waals surface area (Å²) < 4.78 is 4.79. The summed E-state index contributed by atoms with van der Waals surface area (Å²) in [5, 5.41) is 8.35. The molecule has 0 amide bonds. The highest BCUT2D eigenvalue weighted by Crippen LogP contribution is 2.02. The third kappa shape index (κ3) is 4.45. The van der Waals surface area contributed by atoms with Crippen LogP contribution in [0.4, 0.5) is 0 Å². The summed E-state index contributed by atoms with van der Waals surface area (Å²) in [6.07, 6.45) is 0.949. The van der Waals surface area contributed by atoms with Crippen LogP contribution in [0.3, 0.4) is 0 Å². The number of carboxylic acid groups (broad SMARTS) is 1. The van der Waals surface area contributed by atoms with Crippen molar-refractivity contribution in [3.63, 3.8) is 0 Å². The molecule has 0 aromatic carbocycles. The molecule has 0 saturated carbocycles. The molecule has 1 heterocycles. The van der Waals surface area contributed by atoms with Crippen LogP contribution in [0.25, 0.3) is 0 Å². The summed E-state index contributed by atoms with van der Waals surface area (Å²) in [5.74, 6) is -1.68. The molecule has 17 heavy (non-hydrogen) atoms. The number of aromatic nitrogens is 2. The van der Waals surface area contributed by atoms with Crippen molar-refractivity contribution in [3.8, 4) is 0 Å². The maximum absolute atomic E-state index is 11.1. The molecule has 7 nitrogen and oxygen atoms in total. The number of nitrogens with zero attached hydrogens (tertiary/aromatic N) is 1. The molecule has 0 fully saturated rings. The molecule has 0 saturated heterocycles. The number of aromatic amines is 1. The lowest BCUT2D eigenvalue weighted by Gasteiger charge is -2.01. The maximum Gasteiger partial charge on any atom is 0.306 e. The molecule has 0 aliphatic heterocycles. The summed E-state index contributed by atoms with van der Waals surface area (Å²) in [6.45, 7) is 1.31. The van der Waals surface area contributed by atoms with Gasteiger partial charge in [0.1, 0.15) is 6.61 Å². The Hall–Kier alpha value is -2.18. The molecule has 1 rings (SSSR count). The van der Waals surface area contributed by atoms with Gasteiger partial charge < -0.3 is 14.8 Å². The zero-order valence-corrected chi connectivity index (χ0v) is 9.23. The largest absolute Gasteiger partial charge is 0.481 e. The van der Waals surface area contributed by atoms with Gasteiger partial charge in [-0.1, -0.05) is 0 Å². The van der Waals surface area contributed by atoms with Gasteiger partial charge >= 0.3 is 11.9 Å². The van der Waals surface area contributed by atoms with E-state index in [1.807, 2.05) is 0 Å². The summed E-state index contributed by atoms with van der Waals surface area (Å²) >= 11 is 0. The molecular formula is C10H12N2O5. The van der Waals surface area contributed by atoms with E-state index in [2.05, 4.69) is 9.97 Å². The number of rotatable bonds is 6. The second-order valence-electron chi connectivity index (χ2n) is 3.37. The van der Waals surface area contributed by atoms with Crippen LogP contribution in [0, 0.1) is 0 Å². The van der Waals surface area contributed by atoms with Crippen LogP contribution in [0.2, 0.25) is 0 Å². The van der Waals surface area contributed by atoms with Gasteiger partial charge in [-0.3, -0.25) is 14.4 Å². The third-order valence-corrected chi connectivity index (χ3v) is 1.89. The first-order valence-corrected chi connectivity index (χ1v) is 4.91. The van der Waals surface area contributed by atoms with Gasteiger partial charge in [-0.05, 0) is 0 Å². The monoisotopic (exact) mass is 240 g/mol. The summed E-state index contributed by atoms with van der Waals surface area (Å²) in [6, 6.07) is 0. The average Bonchev–Trinajstić information content (AvgIpc) is 2.72. The number of carbonyl (C=O) groups excluding carboxylic acids is 2. The molecule has 0 atom stereocenters. The zero-order valence-electron chi connectivity index (χ0n) is 9.23. The van der Waals surface area contributed by atoms with Crippen molar-refractivity contribution < 1.29 is 24.2 Å². The van der Waals surface area contributed by atoms with E-state index in [0.717, 1.165) is 0 Å². The summed E-state index contributed by atoms with van der Waals surface area (Å²) in [7, 11) is 0. The van der Waals surface area contributed by atoms with E-state index in [0.29, 0.717) is 5.69 Å². The van der Waals surface area contributed by atoms with E-state index < -0.39 is 11.9 Å². The number of hydrogen-bond donors (Lipinski definition) is 2. The van der Waals surface area contributed by atoms with Gasteiger partial charge in [-0.15, -0.1) is 0 Å². The van der Waals surface area contributed by atoms with Gasteiger partial charge in [0.2, 0.25) is 0 Å². The second kappa shape index (κ2) is 5.78. The van der Waals surface area contributed by atoms with Crippen molar-refractivity contribution in [2.75, 3.05) is 0 Å². The van der Waals surface area contributed by atoms with Gasteiger partial charge in [0.05, 0.1) is 24.7 Å². The van der Waals surface area contributed by atoms with Crippen molar-refractivity contribution >= 4 is 17.7 Å².